The SMILES string of the molecule is CCOCCCNC(=O)Cn1c(CCNC(=O)c2ccc(Cl)cc2)nc2ccccc21. The van der Waals surface area contributed by atoms with Crippen molar-refractivity contribution in [1.82, 2.24) is 20.2 Å². The van der Waals surface area contributed by atoms with Gasteiger partial charge in [0.25, 0.3) is 5.91 Å². The first-order valence-electron chi connectivity index (χ1n) is 10.4. The van der Waals surface area contributed by atoms with Crippen molar-refractivity contribution in [2.75, 3.05) is 26.3 Å². The number of rotatable bonds is 11. The van der Waals surface area contributed by atoms with Gasteiger partial charge in [0.1, 0.15) is 12.4 Å². The highest BCUT2D eigenvalue weighted by atomic mass is 35.5. The molecule has 0 saturated heterocycles. The normalized spacial score (nSPS) is 10.9. The van der Waals surface area contributed by atoms with Gasteiger partial charge >= 0.3 is 0 Å². The Morgan fingerprint density at radius 2 is 1.84 bits per heavy atom. The van der Waals surface area contributed by atoms with Crippen molar-refractivity contribution < 1.29 is 14.3 Å². The fourth-order valence-corrected chi connectivity index (χ4v) is 3.36. The number of carbonyl (C=O) groups excluding carboxylic acids is 2. The van der Waals surface area contributed by atoms with E-state index in [-0.39, 0.29) is 18.4 Å². The molecule has 3 aromatic rings. The Labute approximate surface area is 186 Å². The first-order chi connectivity index (χ1) is 15.1. The molecule has 2 aromatic carbocycles. The third-order valence-electron chi connectivity index (χ3n) is 4.77. The summed E-state index contributed by atoms with van der Waals surface area (Å²) in [4.78, 5) is 29.4. The van der Waals surface area contributed by atoms with Gasteiger partial charge in [-0.3, -0.25) is 9.59 Å². The fourth-order valence-electron chi connectivity index (χ4n) is 3.23. The number of fused-ring (bicyclic) bond motifs is 1. The largest absolute Gasteiger partial charge is 0.382 e. The molecule has 0 aliphatic heterocycles. The second kappa shape index (κ2) is 11.5. The zero-order valence-corrected chi connectivity index (χ0v) is 18.3. The van der Waals surface area contributed by atoms with E-state index in [0.717, 1.165) is 23.3 Å². The molecule has 31 heavy (non-hydrogen) atoms. The van der Waals surface area contributed by atoms with Crippen molar-refractivity contribution in [2.24, 2.45) is 0 Å². The summed E-state index contributed by atoms with van der Waals surface area (Å²) in [7, 11) is 0. The van der Waals surface area contributed by atoms with Crippen molar-refractivity contribution in [2.45, 2.75) is 26.3 Å². The van der Waals surface area contributed by atoms with Crippen LogP contribution in [-0.4, -0.2) is 47.7 Å². The second-order valence-corrected chi connectivity index (χ2v) is 7.45. The van der Waals surface area contributed by atoms with Gasteiger partial charge in [-0.1, -0.05) is 23.7 Å². The number of nitrogens with zero attached hydrogens (tertiary/aromatic N) is 2. The Balaban J connectivity index is 1.61. The molecule has 8 heteroatoms. The highest BCUT2D eigenvalue weighted by Gasteiger charge is 2.14. The zero-order chi connectivity index (χ0) is 22.1. The first kappa shape index (κ1) is 22.8. The molecule has 0 radical (unpaired) electrons. The molecule has 7 nitrogen and oxygen atoms in total. The molecule has 0 spiro atoms. The lowest BCUT2D eigenvalue weighted by atomic mass is 10.2. The Bertz CT molecular complexity index is 1020. The summed E-state index contributed by atoms with van der Waals surface area (Å²) in [6, 6.07) is 14.4. The van der Waals surface area contributed by atoms with E-state index >= 15 is 0 Å². The predicted octanol–water partition coefficient (Wildman–Crippen LogP) is 3.21. The van der Waals surface area contributed by atoms with Crippen molar-refractivity contribution >= 4 is 34.4 Å². The van der Waals surface area contributed by atoms with Crippen LogP contribution in [0.1, 0.15) is 29.5 Å². The predicted molar refractivity (Wildman–Crippen MR) is 121 cm³/mol. The van der Waals surface area contributed by atoms with Crippen LogP contribution in [0.3, 0.4) is 0 Å². The van der Waals surface area contributed by atoms with Gasteiger partial charge in [-0.15, -0.1) is 0 Å². The van der Waals surface area contributed by atoms with Crippen LogP contribution in [0.5, 0.6) is 0 Å². The van der Waals surface area contributed by atoms with E-state index in [2.05, 4.69) is 15.6 Å². The lowest BCUT2D eigenvalue weighted by Crippen LogP contribution is -2.30. The average Bonchev–Trinajstić information content (AvgIpc) is 3.11. The average molecular weight is 443 g/mol. The van der Waals surface area contributed by atoms with Crippen LogP contribution in [0.4, 0.5) is 0 Å². The van der Waals surface area contributed by atoms with Crippen LogP contribution in [-0.2, 0) is 22.5 Å². The molecule has 0 atom stereocenters. The van der Waals surface area contributed by atoms with Gasteiger partial charge in [0, 0.05) is 43.3 Å². The number of halogens is 1. The van der Waals surface area contributed by atoms with Crippen molar-refractivity contribution in [3.63, 3.8) is 0 Å². The number of para-hydroxylation sites is 2. The maximum atomic E-state index is 12.5. The number of amides is 2. The number of carbonyl (C=O) groups is 2. The van der Waals surface area contributed by atoms with E-state index in [1.54, 1.807) is 24.3 Å². The molecule has 2 N–H and O–H groups in total. The fraction of sp³-hybridized carbons (Fsp3) is 0.348. The third kappa shape index (κ3) is 6.54. The number of hydrogen-bond acceptors (Lipinski definition) is 4. The minimum Gasteiger partial charge on any atom is -0.382 e. The van der Waals surface area contributed by atoms with Gasteiger partial charge < -0.3 is 19.9 Å². The summed E-state index contributed by atoms with van der Waals surface area (Å²) in [5.41, 5.74) is 2.26. The Kier molecular flexibility index (Phi) is 8.44. The third-order valence-corrected chi connectivity index (χ3v) is 5.02. The molecule has 0 fully saturated rings. The minimum atomic E-state index is -0.175. The van der Waals surface area contributed by atoms with Gasteiger partial charge in [0.2, 0.25) is 5.91 Å². The second-order valence-electron chi connectivity index (χ2n) is 7.02. The molecule has 0 aliphatic carbocycles. The van der Waals surface area contributed by atoms with Gasteiger partial charge in [-0.05, 0) is 49.7 Å². The number of aromatic nitrogens is 2. The van der Waals surface area contributed by atoms with Gasteiger partial charge in [0.05, 0.1) is 11.0 Å². The molecule has 0 bridgehead atoms. The highest BCUT2D eigenvalue weighted by Crippen LogP contribution is 2.16. The first-order valence-corrected chi connectivity index (χ1v) is 10.8. The molecule has 0 saturated carbocycles. The van der Waals surface area contributed by atoms with E-state index < -0.39 is 0 Å². The van der Waals surface area contributed by atoms with Crippen LogP contribution in [0.25, 0.3) is 11.0 Å². The lowest BCUT2D eigenvalue weighted by molar-refractivity contribution is -0.121. The van der Waals surface area contributed by atoms with Crippen LogP contribution in [0.2, 0.25) is 5.02 Å². The van der Waals surface area contributed by atoms with E-state index in [4.69, 9.17) is 16.3 Å². The Hall–Kier alpha value is -2.90. The van der Waals surface area contributed by atoms with E-state index in [9.17, 15) is 9.59 Å². The van der Waals surface area contributed by atoms with Crippen molar-refractivity contribution in [1.29, 1.82) is 0 Å². The molecule has 3 rings (SSSR count). The minimum absolute atomic E-state index is 0.0777. The van der Waals surface area contributed by atoms with Crippen molar-refractivity contribution in [3.05, 3.63) is 64.9 Å². The molecular formula is C23H27ClN4O3. The molecular weight excluding hydrogens is 416 g/mol. The number of hydrogen-bond donors (Lipinski definition) is 2. The molecule has 2 amide bonds. The maximum Gasteiger partial charge on any atom is 0.251 e. The summed E-state index contributed by atoms with van der Waals surface area (Å²) in [6.45, 7) is 4.40. The molecule has 1 heterocycles. The van der Waals surface area contributed by atoms with Crippen LogP contribution in [0, 0.1) is 0 Å². The molecule has 0 aliphatic rings. The zero-order valence-electron chi connectivity index (χ0n) is 17.6. The summed E-state index contributed by atoms with van der Waals surface area (Å²) >= 11 is 5.87. The Morgan fingerprint density at radius 1 is 1.06 bits per heavy atom. The van der Waals surface area contributed by atoms with E-state index in [0.29, 0.717) is 43.3 Å². The number of benzene rings is 2. The van der Waals surface area contributed by atoms with E-state index in [1.165, 1.54) is 0 Å². The Morgan fingerprint density at radius 3 is 2.61 bits per heavy atom. The molecule has 1 aromatic heterocycles. The van der Waals surface area contributed by atoms with Gasteiger partial charge in [-0.2, -0.15) is 0 Å². The number of ether oxygens (including phenoxy) is 1. The smallest absolute Gasteiger partial charge is 0.251 e. The van der Waals surface area contributed by atoms with Gasteiger partial charge in [0.15, 0.2) is 0 Å². The topological polar surface area (TPSA) is 85.2 Å². The van der Waals surface area contributed by atoms with E-state index in [1.807, 2.05) is 35.8 Å². The van der Waals surface area contributed by atoms with Gasteiger partial charge in [-0.25, -0.2) is 4.98 Å². The summed E-state index contributed by atoms with van der Waals surface area (Å²) in [5.74, 6) is 0.500. The standard InChI is InChI=1S/C23H27ClN4O3/c1-2-31-15-5-13-25-22(29)16-28-20-7-4-3-6-19(20)27-21(28)12-14-26-23(30)17-8-10-18(24)11-9-17/h3-4,6-11H,2,5,12-16H2,1H3,(H,25,29)(H,26,30). The summed E-state index contributed by atoms with van der Waals surface area (Å²) in [6.07, 6.45) is 1.28. The highest BCUT2D eigenvalue weighted by molar-refractivity contribution is 6.30. The van der Waals surface area contributed by atoms with Crippen LogP contribution < -0.4 is 10.6 Å². The number of imidazole rings is 1. The summed E-state index contributed by atoms with van der Waals surface area (Å²) < 4.78 is 7.20. The number of nitrogens with one attached hydrogen (secondary N) is 2. The quantitative estimate of drug-likeness (QED) is 0.446. The van der Waals surface area contributed by atoms with Crippen molar-refractivity contribution in [3.8, 4) is 0 Å². The monoisotopic (exact) mass is 442 g/mol. The summed E-state index contributed by atoms with van der Waals surface area (Å²) in [5, 5.41) is 6.40. The molecule has 0 unspecified atom stereocenters. The van der Waals surface area contributed by atoms with Crippen LogP contribution in [0.15, 0.2) is 48.5 Å². The maximum absolute atomic E-state index is 12.5. The molecule has 164 valence electrons. The van der Waals surface area contributed by atoms with Crippen LogP contribution >= 0.6 is 11.6 Å². The lowest BCUT2D eigenvalue weighted by Gasteiger charge is -2.11.